The predicted molar refractivity (Wildman–Crippen MR) is 61.1 cm³/mol. The van der Waals surface area contributed by atoms with E-state index in [2.05, 4.69) is 41.4 Å². The molecule has 1 aromatic heterocycles. The molecule has 15 heavy (non-hydrogen) atoms. The Morgan fingerprint density at radius 2 is 1.93 bits per heavy atom. The third kappa shape index (κ3) is 1.38. The van der Waals surface area contributed by atoms with E-state index in [0.29, 0.717) is 0 Å². The van der Waals surface area contributed by atoms with Gasteiger partial charge in [-0.05, 0) is 25.3 Å². The van der Waals surface area contributed by atoms with Gasteiger partial charge in [-0.2, -0.15) is 0 Å². The standard InChI is InChI=1S/C12H12N2S/c1-9-2-4-10(5-3-9)12(6-7-12)11-14-13-8-15-11/h2-5,8H,6-7H2,1H3. The van der Waals surface area contributed by atoms with Gasteiger partial charge >= 0.3 is 0 Å². The summed E-state index contributed by atoms with van der Waals surface area (Å²) in [6.07, 6.45) is 2.43. The molecule has 0 atom stereocenters. The van der Waals surface area contributed by atoms with Gasteiger partial charge in [-0.25, -0.2) is 0 Å². The molecule has 3 heteroatoms. The van der Waals surface area contributed by atoms with Crippen LogP contribution in [0.1, 0.15) is 29.0 Å². The maximum Gasteiger partial charge on any atom is 0.127 e. The first-order valence-corrected chi connectivity index (χ1v) is 6.03. The molecule has 1 heterocycles. The van der Waals surface area contributed by atoms with Crippen LogP contribution in [0.15, 0.2) is 29.8 Å². The van der Waals surface area contributed by atoms with Crippen molar-refractivity contribution in [2.24, 2.45) is 0 Å². The molecule has 0 aliphatic heterocycles. The lowest BCUT2D eigenvalue weighted by atomic mass is 9.96. The number of aromatic nitrogens is 2. The van der Waals surface area contributed by atoms with Crippen molar-refractivity contribution in [1.29, 1.82) is 0 Å². The van der Waals surface area contributed by atoms with Crippen molar-refractivity contribution in [3.63, 3.8) is 0 Å². The molecule has 0 bridgehead atoms. The molecule has 0 unspecified atom stereocenters. The highest BCUT2D eigenvalue weighted by molar-refractivity contribution is 7.09. The Bertz CT molecular complexity index is 455. The third-order valence-electron chi connectivity index (χ3n) is 3.12. The molecule has 0 amide bonds. The van der Waals surface area contributed by atoms with Crippen LogP contribution in [0.4, 0.5) is 0 Å². The highest BCUT2D eigenvalue weighted by atomic mass is 32.1. The Kier molecular flexibility index (Phi) is 1.89. The molecule has 0 N–H and O–H groups in total. The minimum absolute atomic E-state index is 0.203. The molecule has 0 radical (unpaired) electrons. The van der Waals surface area contributed by atoms with E-state index < -0.39 is 0 Å². The van der Waals surface area contributed by atoms with Crippen molar-refractivity contribution in [2.45, 2.75) is 25.2 Å². The summed E-state index contributed by atoms with van der Waals surface area (Å²) in [5, 5.41) is 9.33. The Labute approximate surface area is 93.0 Å². The average molecular weight is 216 g/mol. The molecule has 3 rings (SSSR count). The van der Waals surface area contributed by atoms with E-state index in [9.17, 15) is 0 Å². The minimum atomic E-state index is 0.203. The zero-order valence-electron chi connectivity index (χ0n) is 8.60. The number of aryl methyl sites for hydroxylation is 1. The smallest absolute Gasteiger partial charge is 0.127 e. The zero-order chi connectivity index (χ0) is 10.3. The predicted octanol–water partition coefficient (Wildman–Crippen LogP) is 2.93. The van der Waals surface area contributed by atoms with Crippen molar-refractivity contribution in [1.82, 2.24) is 10.2 Å². The van der Waals surface area contributed by atoms with Crippen molar-refractivity contribution in [3.8, 4) is 0 Å². The van der Waals surface area contributed by atoms with E-state index in [1.54, 1.807) is 11.3 Å². The van der Waals surface area contributed by atoms with Crippen LogP contribution < -0.4 is 0 Å². The van der Waals surface area contributed by atoms with Gasteiger partial charge < -0.3 is 0 Å². The number of nitrogens with zero attached hydrogens (tertiary/aromatic N) is 2. The van der Waals surface area contributed by atoms with Gasteiger partial charge in [0.05, 0.1) is 0 Å². The van der Waals surface area contributed by atoms with Crippen LogP contribution >= 0.6 is 11.3 Å². The number of hydrogen-bond donors (Lipinski definition) is 0. The van der Waals surface area contributed by atoms with E-state index in [1.807, 2.05) is 5.51 Å². The molecule has 1 aromatic carbocycles. The van der Waals surface area contributed by atoms with Crippen LogP contribution in [0.2, 0.25) is 0 Å². The lowest BCUT2D eigenvalue weighted by Crippen LogP contribution is -2.08. The van der Waals surface area contributed by atoms with Gasteiger partial charge in [0.15, 0.2) is 0 Å². The summed E-state index contributed by atoms with van der Waals surface area (Å²) in [7, 11) is 0. The summed E-state index contributed by atoms with van der Waals surface area (Å²) < 4.78 is 0. The van der Waals surface area contributed by atoms with Gasteiger partial charge in [0.1, 0.15) is 10.5 Å². The summed E-state index contributed by atoms with van der Waals surface area (Å²) in [6.45, 7) is 2.12. The Morgan fingerprint density at radius 1 is 1.20 bits per heavy atom. The van der Waals surface area contributed by atoms with Crippen LogP contribution in [0, 0.1) is 6.92 Å². The van der Waals surface area contributed by atoms with E-state index in [1.165, 1.54) is 29.0 Å². The highest BCUT2D eigenvalue weighted by Crippen LogP contribution is 2.53. The molecule has 1 aliphatic rings. The maximum atomic E-state index is 4.22. The van der Waals surface area contributed by atoms with Crippen molar-refractivity contribution in [3.05, 3.63) is 45.9 Å². The first-order valence-electron chi connectivity index (χ1n) is 5.15. The largest absolute Gasteiger partial charge is 0.147 e. The van der Waals surface area contributed by atoms with Crippen molar-refractivity contribution >= 4 is 11.3 Å². The van der Waals surface area contributed by atoms with E-state index in [0.717, 1.165) is 0 Å². The van der Waals surface area contributed by atoms with Gasteiger partial charge in [-0.3, -0.25) is 0 Å². The van der Waals surface area contributed by atoms with Gasteiger partial charge in [-0.15, -0.1) is 21.5 Å². The van der Waals surface area contributed by atoms with Gasteiger partial charge in [0.25, 0.3) is 0 Å². The van der Waals surface area contributed by atoms with Gasteiger partial charge in [-0.1, -0.05) is 29.8 Å². The third-order valence-corrected chi connectivity index (χ3v) is 4.02. The summed E-state index contributed by atoms with van der Waals surface area (Å²) in [4.78, 5) is 0. The molecule has 76 valence electrons. The van der Waals surface area contributed by atoms with Crippen LogP contribution in [-0.4, -0.2) is 10.2 Å². The molecule has 1 fully saturated rings. The maximum absolute atomic E-state index is 4.22. The second-order valence-electron chi connectivity index (χ2n) is 4.19. The molecular weight excluding hydrogens is 204 g/mol. The Morgan fingerprint density at radius 3 is 2.47 bits per heavy atom. The fourth-order valence-corrected chi connectivity index (χ4v) is 2.84. The number of rotatable bonds is 2. The number of hydrogen-bond acceptors (Lipinski definition) is 3. The summed E-state index contributed by atoms with van der Waals surface area (Å²) in [6, 6.07) is 8.81. The summed E-state index contributed by atoms with van der Waals surface area (Å²) in [5.41, 5.74) is 4.73. The topological polar surface area (TPSA) is 25.8 Å². The molecule has 1 saturated carbocycles. The Balaban J connectivity index is 2.04. The molecule has 0 spiro atoms. The SMILES string of the molecule is Cc1ccc(C2(c3nncs3)CC2)cc1. The van der Waals surface area contributed by atoms with E-state index >= 15 is 0 Å². The first kappa shape index (κ1) is 9.04. The Hall–Kier alpha value is -1.22. The fraction of sp³-hybridized carbons (Fsp3) is 0.333. The van der Waals surface area contributed by atoms with Crippen molar-refractivity contribution in [2.75, 3.05) is 0 Å². The fourth-order valence-electron chi connectivity index (χ4n) is 2.01. The molecular formula is C12H12N2S. The van der Waals surface area contributed by atoms with Crippen LogP contribution in [0.25, 0.3) is 0 Å². The molecule has 1 aliphatic carbocycles. The van der Waals surface area contributed by atoms with E-state index in [4.69, 9.17) is 0 Å². The first-order chi connectivity index (χ1) is 7.31. The normalized spacial score (nSPS) is 17.7. The minimum Gasteiger partial charge on any atom is -0.147 e. The quantitative estimate of drug-likeness (QED) is 0.771. The van der Waals surface area contributed by atoms with Gasteiger partial charge in [0, 0.05) is 5.41 Å². The summed E-state index contributed by atoms with van der Waals surface area (Å²) in [5.74, 6) is 0. The van der Waals surface area contributed by atoms with E-state index in [-0.39, 0.29) is 5.41 Å². The summed E-state index contributed by atoms with van der Waals surface area (Å²) >= 11 is 1.67. The van der Waals surface area contributed by atoms with Gasteiger partial charge in [0.2, 0.25) is 0 Å². The van der Waals surface area contributed by atoms with Crippen LogP contribution in [0.3, 0.4) is 0 Å². The highest BCUT2D eigenvalue weighted by Gasteiger charge is 2.48. The number of benzene rings is 1. The lowest BCUT2D eigenvalue weighted by molar-refractivity contribution is 0.806. The van der Waals surface area contributed by atoms with Crippen LogP contribution in [-0.2, 0) is 5.41 Å². The molecule has 2 aromatic rings. The second kappa shape index (κ2) is 3.14. The molecule has 0 saturated heterocycles. The molecule has 2 nitrogen and oxygen atoms in total. The monoisotopic (exact) mass is 216 g/mol. The van der Waals surface area contributed by atoms with Crippen molar-refractivity contribution < 1.29 is 0 Å². The lowest BCUT2D eigenvalue weighted by Gasteiger charge is -2.11. The second-order valence-corrected chi connectivity index (χ2v) is 5.03. The average Bonchev–Trinajstić information content (AvgIpc) is 2.88. The zero-order valence-corrected chi connectivity index (χ0v) is 9.42. The van der Waals surface area contributed by atoms with Crippen LogP contribution in [0.5, 0.6) is 0 Å².